The highest BCUT2D eigenvalue weighted by Gasteiger charge is 2.07. The van der Waals surface area contributed by atoms with E-state index in [1.807, 2.05) is 19.2 Å². The first-order valence-electron chi connectivity index (χ1n) is 8.25. The first kappa shape index (κ1) is 18.3. The molecule has 0 aliphatic heterocycles. The van der Waals surface area contributed by atoms with Crippen molar-refractivity contribution in [3.05, 3.63) is 51.7 Å². The highest BCUT2D eigenvalue weighted by molar-refractivity contribution is 7.10. The lowest BCUT2D eigenvalue weighted by atomic mass is 9.98. The number of benzene rings is 1. The van der Waals surface area contributed by atoms with Crippen molar-refractivity contribution < 1.29 is 4.74 Å². The molecule has 1 aromatic carbocycles. The monoisotopic (exact) mass is 345 g/mol. The van der Waals surface area contributed by atoms with Crippen molar-refractivity contribution in [1.82, 2.24) is 10.6 Å². The topological polar surface area (TPSA) is 45.7 Å². The summed E-state index contributed by atoms with van der Waals surface area (Å²) in [6.45, 7) is 6.09. The van der Waals surface area contributed by atoms with E-state index in [4.69, 9.17) is 4.74 Å². The van der Waals surface area contributed by atoms with Crippen molar-refractivity contribution in [2.24, 2.45) is 4.99 Å². The highest BCUT2D eigenvalue weighted by atomic mass is 32.1. The minimum Gasteiger partial charge on any atom is -0.497 e. The zero-order valence-electron chi connectivity index (χ0n) is 14.9. The fourth-order valence-electron chi connectivity index (χ4n) is 2.48. The Labute approximate surface area is 149 Å². The average Bonchev–Trinajstić information content (AvgIpc) is 3.02. The summed E-state index contributed by atoms with van der Waals surface area (Å²) in [4.78, 5) is 5.64. The fraction of sp³-hybridized carbons (Fsp3) is 0.421. The molecule has 0 aliphatic rings. The molecule has 5 heteroatoms. The molecule has 24 heavy (non-hydrogen) atoms. The van der Waals surface area contributed by atoms with E-state index < -0.39 is 0 Å². The molecule has 1 heterocycles. The van der Waals surface area contributed by atoms with Crippen molar-refractivity contribution in [3.63, 3.8) is 0 Å². The molecule has 0 saturated heterocycles. The van der Waals surface area contributed by atoms with Crippen LogP contribution in [0.1, 0.15) is 35.3 Å². The van der Waals surface area contributed by atoms with Gasteiger partial charge >= 0.3 is 0 Å². The van der Waals surface area contributed by atoms with Crippen LogP contribution in [-0.2, 0) is 6.54 Å². The van der Waals surface area contributed by atoms with Crippen LogP contribution in [0.2, 0.25) is 0 Å². The molecule has 2 rings (SSSR count). The predicted octanol–water partition coefficient (Wildman–Crippen LogP) is 3.92. The molecule has 1 aromatic heterocycles. The number of methoxy groups -OCH3 is 1. The van der Waals surface area contributed by atoms with E-state index in [1.165, 1.54) is 16.0 Å². The number of aryl methyl sites for hydroxylation is 1. The van der Waals surface area contributed by atoms with Crippen LogP contribution >= 0.6 is 11.3 Å². The summed E-state index contributed by atoms with van der Waals surface area (Å²) in [5.74, 6) is 2.24. The third kappa shape index (κ3) is 5.27. The van der Waals surface area contributed by atoms with Crippen molar-refractivity contribution in [3.8, 4) is 5.75 Å². The summed E-state index contributed by atoms with van der Waals surface area (Å²) in [7, 11) is 3.50. The van der Waals surface area contributed by atoms with Gasteiger partial charge in [-0.05, 0) is 54.0 Å². The molecule has 4 nitrogen and oxygen atoms in total. The minimum absolute atomic E-state index is 0.487. The second-order valence-corrected chi connectivity index (χ2v) is 6.84. The molecule has 0 amide bonds. The van der Waals surface area contributed by atoms with Gasteiger partial charge in [-0.3, -0.25) is 4.99 Å². The van der Waals surface area contributed by atoms with E-state index in [-0.39, 0.29) is 0 Å². The van der Waals surface area contributed by atoms with E-state index in [1.54, 1.807) is 18.4 Å². The quantitative estimate of drug-likeness (QED) is 0.590. The zero-order chi connectivity index (χ0) is 17.4. The summed E-state index contributed by atoms with van der Waals surface area (Å²) in [6.07, 6.45) is 1.05. The lowest BCUT2D eigenvalue weighted by Crippen LogP contribution is -2.37. The minimum atomic E-state index is 0.487. The Morgan fingerprint density at radius 3 is 2.54 bits per heavy atom. The van der Waals surface area contributed by atoms with Crippen LogP contribution < -0.4 is 15.4 Å². The largest absolute Gasteiger partial charge is 0.497 e. The maximum absolute atomic E-state index is 5.21. The van der Waals surface area contributed by atoms with E-state index >= 15 is 0 Å². The molecular weight excluding hydrogens is 318 g/mol. The van der Waals surface area contributed by atoms with Crippen LogP contribution in [0.5, 0.6) is 5.75 Å². The van der Waals surface area contributed by atoms with Crippen LogP contribution in [-0.4, -0.2) is 26.7 Å². The molecule has 0 radical (unpaired) electrons. The molecular formula is C19H27N3OS. The van der Waals surface area contributed by atoms with Crippen molar-refractivity contribution in [2.45, 2.75) is 32.7 Å². The lowest BCUT2D eigenvalue weighted by Gasteiger charge is -2.15. The highest BCUT2D eigenvalue weighted by Crippen LogP contribution is 2.21. The maximum Gasteiger partial charge on any atom is 0.191 e. The summed E-state index contributed by atoms with van der Waals surface area (Å²) in [5, 5.41) is 8.89. The van der Waals surface area contributed by atoms with Gasteiger partial charge in [0.2, 0.25) is 0 Å². The van der Waals surface area contributed by atoms with Crippen molar-refractivity contribution in [1.29, 1.82) is 0 Å². The van der Waals surface area contributed by atoms with Gasteiger partial charge in [-0.25, -0.2) is 0 Å². The van der Waals surface area contributed by atoms with Gasteiger partial charge in [-0.15, -0.1) is 11.3 Å². The van der Waals surface area contributed by atoms with E-state index in [0.717, 1.165) is 31.2 Å². The van der Waals surface area contributed by atoms with Gasteiger partial charge in [0.15, 0.2) is 5.96 Å². The Morgan fingerprint density at radius 2 is 1.96 bits per heavy atom. The molecule has 0 fully saturated rings. The summed E-state index contributed by atoms with van der Waals surface area (Å²) in [5.41, 5.74) is 2.66. The van der Waals surface area contributed by atoms with Crippen molar-refractivity contribution in [2.75, 3.05) is 20.7 Å². The predicted molar refractivity (Wildman–Crippen MR) is 103 cm³/mol. The number of nitrogens with one attached hydrogen (secondary N) is 2. The van der Waals surface area contributed by atoms with E-state index in [2.05, 4.69) is 53.1 Å². The number of nitrogens with zero attached hydrogens (tertiary/aromatic N) is 1. The lowest BCUT2D eigenvalue weighted by molar-refractivity contribution is 0.414. The van der Waals surface area contributed by atoms with Gasteiger partial charge in [0, 0.05) is 18.5 Å². The molecule has 0 saturated carbocycles. The van der Waals surface area contributed by atoms with Gasteiger partial charge in [0.25, 0.3) is 0 Å². The van der Waals surface area contributed by atoms with Crippen LogP contribution in [0, 0.1) is 6.92 Å². The van der Waals surface area contributed by atoms with Gasteiger partial charge in [-0.2, -0.15) is 0 Å². The SMILES string of the molecule is CN=C(NCCC(C)c1ccc(OC)cc1)NCc1sccc1C. The van der Waals surface area contributed by atoms with Crippen molar-refractivity contribution >= 4 is 17.3 Å². The number of hydrogen-bond acceptors (Lipinski definition) is 3. The second-order valence-electron chi connectivity index (χ2n) is 5.84. The molecule has 130 valence electrons. The molecule has 1 unspecified atom stereocenters. The third-order valence-electron chi connectivity index (χ3n) is 4.16. The van der Waals surface area contributed by atoms with E-state index in [9.17, 15) is 0 Å². The Balaban J connectivity index is 1.75. The Hall–Kier alpha value is -2.01. The number of thiophene rings is 1. The fourth-order valence-corrected chi connectivity index (χ4v) is 3.32. The Kier molecular flexibility index (Phi) is 7.12. The van der Waals surface area contributed by atoms with Crippen LogP contribution in [0.3, 0.4) is 0 Å². The third-order valence-corrected chi connectivity index (χ3v) is 5.19. The molecule has 2 N–H and O–H groups in total. The first-order chi connectivity index (χ1) is 11.6. The average molecular weight is 346 g/mol. The summed E-state index contributed by atoms with van der Waals surface area (Å²) < 4.78 is 5.21. The number of ether oxygens (including phenoxy) is 1. The normalized spacial score (nSPS) is 12.8. The number of guanidine groups is 1. The molecule has 1 atom stereocenters. The second kappa shape index (κ2) is 9.33. The van der Waals surface area contributed by atoms with Gasteiger partial charge in [0.05, 0.1) is 13.7 Å². The van der Waals surface area contributed by atoms with Gasteiger partial charge < -0.3 is 15.4 Å². The molecule has 2 aromatic rings. The zero-order valence-corrected chi connectivity index (χ0v) is 15.7. The Bertz CT molecular complexity index is 649. The Morgan fingerprint density at radius 1 is 1.21 bits per heavy atom. The molecule has 0 spiro atoms. The molecule has 0 aliphatic carbocycles. The van der Waals surface area contributed by atoms with Crippen LogP contribution in [0.25, 0.3) is 0 Å². The number of rotatable bonds is 7. The number of hydrogen-bond donors (Lipinski definition) is 2. The maximum atomic E-state index is 5.21. The smallest absolute Gasteiger partial charge is 0.191 e. The van der Waals surface area contributed by atoms with Crippen LogP contribution in [0.15, 0.2) is 40.7 Å². The number of aliphatic imine (C=N–C) groups is 1. The molecule has 0 bridgehead atoms. The summed E-state index contributed by atoms with van der Waals surface area (Å²) in [6, 6.07) is 10.5. The van der Waals surface area contributed by atoms with Gasteiger partial charge in [-0.1, -0.05) is 19.1 Å². The van der Waals surface area contributed by atoms with Crippen LogP contribution in [0.4, 0.5) is 0 Å². The standard InChI is InChI=1S/C19H27N3OS/c1-14(16-5-7-17(23-4)8-6-16)9-11-21-19(20-3)22-13-18-15(2)10-12-24-18/h5-8,10,12,14H,9,11,13H2,1-4H3,(H2,20,21,22). The van der Waals surface area contributed by atoms with Gasteiger partial charge in [0.1, 0.15) is 5.75 Å². The van der Waals surface area contributed by atoms with E-state index in [0.29, 0.717) is 5.92 Å². The summed E-state index contributed by atoms with van der Waals surface area (Å²) >= 11 is 1.78. The first-order valence-corrected chi connectivity index (χ1v) is 9.13.